The normalized spacial score (nSPS) is 11.6. The van der Waals surface area contributed by atoms with Crippen molar-refractivity contribution in [2.24, 2.45) is 0 Å². The smallest absolute Gasteiger partial charge is 0.166 e. The molecule has 0 nitrogen and oxygen atoms in total. The third-order valence-corrected chi connectivity index (χ3v) is 3.04. The molecule has 0 aliphatic carbocycles. The van der Waals surface area contributed by atoms with Crippen LogP contribution in [0.2, 0.25) is 5.02 Å². The van der Waals surface area contributed by atoms with Gasteiger partial charge < -0.3 is 0 Å². The van der Waals surface area contributed by atoms with Gasteiger partial charge in [0.25, 0.3) is 0 Å². The zero-order valence-corrected chi connectivity index (χ0v) is 10.3. The number of benzene rings is 2. The third-order valence-electron chi connectivity index (χ3n) is 2.72. The van der Waals surface area contributed by atoms with Gasteiger partial charge in [0.1, 0.15) is 0 Å². The summed E-state index contributed by atoms with van der Waals surface area (Å²) < 4.78 is 37.4. The van der Waals surface area contributed by atoms with E-state index >= 15 is 0 Å². The van der Waals surface area contributed by atoms with Crippen LogP contribution in [0.25, 0.3) is 11.1 Å². The van der Waals surface area contributed by atoms with E-state index in [2.05, 4.69) is 0 Å². The molecule has 0 spiro atoms. The Morgan fingerprint density at radius 2 is 1.56 bits per heavy atom. The number of alkyl halides is 3. The zero-order chi connectivity index (χ0) is 13.3. The van der Waals surface area contributed by atoms with Crippen molar-refractivity contribution >= 4 is 11.6 Å². The maximum Gasteiger partial charge on any atom is 0.416 e. The predicted octanol–water partition coefficient (Wildman–Crippen LogP) is 5.33. The first-order chi connectivity index (χ1) is 8.39. The number of hydrogen-bond donors (Lipinski definition) is 0. The molecule has 2 aromatic carbocycles. The molecule has 0 heterocycles. The van der Waals surface area contributed by atoms with Crippen LogP contribution in [-0.2, 0) is 6.18 Å². The van der Waals surface area contributed by atoms with Gasteiger partial charge in [-0.15, -0.1) is 0 Å². The summed E-state index contributed by atoms with van der Waals surface area (Å²) in [5.74, 6) is 0. The lowest BCUT2D eigenvalue weighted by Gasteiger charge is -2.10. The van der Waals surface area contributed by atoms with E-state index < -0.39 is 11.7 Å². The van der Waals surface area contributed by atoms with Crippen molar-refractivity contribution in [1.82, 2.24) is 0 Å². The van der Waals surface area contributed by atoms with Gasteiger partial charge in [-0.05, 0) is 36.2 Å². The number of halogens is 4. The van der Waals surface area contributed by atoms with E-state index in [4.69, 9.17) is 11.6 Å². The van der Waals surface area contributed by atoms with Gasteiger partial charge >= 0.3 is 6.18 Å². The van der Waals surface area contributed by atoms with E-state index in [-0.39, 0.29) is 0 Å². The molecule has 4 heteroatoms. The van der Waals surface area contributed by atoms with Crippen molar-refractivity contribution in [1.29, 1.82) is 0 Å². The minimum absolute atomic E-state index is 0.537. The van der Waals surface area contributed by atoms with E-state index in [1.165, 1.54) is 12.1 Å². The Morgan fingerprint density at radius 1 is 0.944 bits per heavy atom. The van der Waals surface area contributed by atoms with Gasteiger partial charge in [0.2, 0.25) is 0 Å². The molecule has 0 saturated heterocycles. The second-order valence-electron chi connectivity index (χ2n) is 4.01. The molecule has 0 radical (unpaired) electrons. The molecule has 2 aromatic rings. The molecule has 0 fully saturated rings. The Morgan fingerprint density at radius 3 is 2.06 bits per heavy atom. The summed E-state index contributed by atoms with van der Waals surface area (Å²) in [6.07, 6.45) is -4.31. The summed E-state index contributed by atoms with van der Waals surface area (Å²) in [6.45, 7) is 1.87. The van der Waals surface area contributed by atoms with Crippen LogP contribution in [0.1, 0.15) is 11.1 Å². The van der Waals surface area contributed by atoms with E-state index in [0.717, 1.165) is 23.3 Å². The molecule has 0 aliphatic heterocycles. The SMILES string of the molecule is Cc1cccc(Cl)c1-c1ccc(C(F)(F)F)cc1. The average molecular weight is 271 g/mol. The molecule has 2 rings (SSSR count). The van der Waals surface area contributed by atoms with E-state index in [9.17, 15) is 13.2 Å². The molecule has 0 N–H and O–H groups in total. The lowest BCUT2D eigenvalue weighted by atomic mass is 9.99. The van der Waals surface area contributed by atoms with Crippen LogP contribution < -0.4 is 0 Å². The minimum Gasteiger partial charge on any atom is -0.166 e. The van der Waals surface area contributed by atoms with Crippen molar-refractivity contribution in [3.8, 4) is 11.1 Å². The Bertz CT molecular complexity index is 536. The maximum absolute atomic E-state index is 12.5. The molecule has 94 valence electrons. The van der Waals surface area contributed by atoms with Crippen molar-refractivity contribution in [3.05, 3.63) is 58.6 Å². The first kappa shape index (κ1) is 13.0. The summed E-state index contributed by atoms with van der Waals surface area (Å²) in [6, 6.07) is 10.4. The zero-order valence-electron chi connectivity index (χ0n) is 9.55. The van der Waals surface area contributed by atoms with Crippen LogP contribution in [0.3, 0.4) is 0 Å². The summed E-state index contributed by atoms with van der Waals surface area (Å²) in [5.41, 5.74) is 1.73. The highest BCUT2D eigenvalue weighted by atomic mass is 35.5. The molecular weight excluding hydrogens is 261 g/mol. The van der Waals surface area contributed by atoms with Crippen LogP contribution >= 0.6 is 11.6 Å². The van der Waals surface area contributed by atoms with Crippen LogP contribution in [0.5, 0.6) is 0 Å². The van der Waals surface area contributed by atoms with Gasteiger partial charge in [0.05, 0.1) is 5.56 Å². The van der Waals surface area contributed by atoms with Crippen molar-refractivity contribution in [2.45, 2.75) is 13.1 Å². The van der Waals surface area contributed by atoms with Crippen molar-refractivity contribution < 1.29 is 13.2 Å². The van der Waals surface area contributed by atoms with Gasteiger partial charge in [-0.2, -0.15) is 13.2 Å². The Hall–Kier alpha value is -1.48. The van der Waals surface area contributed by atoms with Crippen LogP contribution in [0.4, 0.5) is 13.2 Å². The Kier molecular flexibility index (Phi) is 3.35. The highest BCUT2D eigenvalue weighted by Gasteiger charge is 2.30. The molecule has 0 amide bonds. The molecule has 0 atom stereocenters. The number of hydrogen-bond acceptors (Lipinski definition) is 0. The predicted molar refractivity (Wildman–Crippen MR) is 66.6 cm³/mol. The Balaban J connectivity index is 2.47. The number of rotatable bonds is 1. The van der Waals surface area contributed by atoms with Gasteiger partial charge in [-0.3, -0.25) is 0 Å². The lowest BCUT2D eigenvalue weighted by Crippen LogP contribution is -2.04. The van der Waals surface area contributed by atoms with Gasteiger partial charge in [0.15, 0.2) is 0 Å². The molecule has 0 bridgehead atoms. The van der Waals surface area contributed by atoms with E-state index in [1.807, 2.05) is 19.1 Å². The van der Waals surface area contributed by atoms with Gasteiger partial charge in [-0.25, -0.2) is 0 Å². The first-order valence-corrected chi connectivity index (χ1v) is 5.70. The largest absolute Gasteiger partial charge is 0.416 e. The topological polar surface area (TPSA) is 0 Å². The molecule has 0 aromatic heterocycles. The van der Waals surface area contributed by atoms with Crippen LogP contribution in [0, 0.1) is 6.92 Å². The maximum atomic E-state index is 12.5. The quantitative estimate of drug-likeness (QED) is 0.657. The summed E-state index contributed by atoms with van der Waals surface area (Å²) in [7, 11) is 0. The second-order valence-corrected chi connectivity index (χ2v) is 4.41. The standard InChI is InChI=1S/C14H10ClF3/c1-9-3-2-4-12(15)13(9)10-5-7-11(8-6-10)14(16,17)18/h2-8H,1H3. The van der Waals surface area contributed by atoms with Crippen molar-refractivity contribution in [2.75, 3.05) is 0 Å². The van der Waals surface area contributed by atoms with Gasteiger partial charge in [-0.1, -0.05) is 35.9 Å². The van der Waals surface area contributed by atoms with Crippen molar-refractivity contribution in [3.63, 3.8) is 0 Å². The molecular formula is C14H10ClF3. The molecule has 0 saturated carbocycles. The van der Waals surface area contributed by atoms with Crippen LogP contribution in [0.15, 0.2) is 42.5 Å². The Labute approximate surface area is 108 Å². The minimum atomic E-state index is -4.31. The third kappa shape index (κ3) is 2.51. The number of aryl methyl sites for hydroxylation is 1. The summed E-state index contributed by atoms with van der Waals surface area (Å²) in [4.78, 5) is 0. The summed E-state index contributed by atoms with van der Waals surface area (Å²) in [5, 5.41) is 0.537. The lowest BCUT2D eigenvalue weighted by molar-refractivity contribution is -0.137. The van der Waals surface area contributed by atoms with E-state index in [0.29, 0.717) is 10.6 Å². The average Bonchev–Trinajstić information content (AvgIpc) is 2.28. The van der Waals surface area contributed by atoms with E-state index in [1.54, 1.807) is 6.07 Å². The second kappa shape index (κ2) is 4.65. The van der Waals surface area contributed by atoms with Crippen LogP contribution in [-0.4, -0.2) is 0 Å². The fourth-order valence-electron chi connectivity index (χ4n) is 1.82. The molecule has 0 aliphatic rings. The highest BCUT2D eigenvalue weighted by molar-refractivity contribution is 6.33. The van der Waals surface area contributed by atoms with Gasteiger partial charge in [0, 0.05) is 10.6 Å². The summed E-state index contributed by atoms with van der Waals surface area (Å²) >= 11 is 6.07. The molecule has 18 heavy (non-hydrogen) atoms. The molecule has 0 unspecified atom stereocenters. The highest BCUT2D eigenvalue weighted by Crippen LogP contribution is 2.34. The fourth-order valence-corrected chi connectivity index (χ4v) is 2.15. The first-order valence-electron chi connectivity index (χ1n) is 5.32. The monoisotopic (exact) mass is 270 g/mol. The fraction of sp³-hybridized carbons (Fsp3) is 0.143.